The summed E-state index contributed by atoms with van der Waals surface area (Å²) < 4.78 is 10.4. The van der Waals surface area contributed by atoms with Crippen LogP contribution in [0.4, 0.5) is 0 Å². The quantitative estimate of drug-likeness (QED) is 0.470. The Balaban J connectivity index is 1.79. The van der Waals surface area contributed by atoms with Crippen LogP contribution in [0.1, 0.15) is 19.3 Å². The summed E-state index contributed by atoms with van der Waals surface area (Å²) in [5.74, 6) is 0.194. The second kappa shape index (κ2) is 1.84. The number of rotatable bonds is 0. The van der Waals surface area contributed by atoms with Gasteiger partial charge in [0.15, 0.2) is 5.78 Å². The number of ketones is 1. The molecule has 0 aromatic carbocycles. The molecule has 0 radical (unpaired) electrons. The summed E-state index contributed by atoms with van der Waals surface area (Å²) in [5, 5.41) is 0. The maximum atomic E-state index is 11.3. The Bertz CT molecular complexity index is 193. The number of hydrogen-bond acceptors (Lipinski definition) is 3. The van der Waals surface area contributed by atoms with Crippen LogP contribution in [-0.2, 0) is 14.3 Å². The van der Waals surface area contributed by atoms with Crippen molar-refractivity contribution in [3.8, 4) is 0 Å². The van der Waals surface area contributed by atoms with E-state index in [2.05, 4.69) is 0 Å². The zero-order valence-electron chi connectivity index (χ0n) is 6.16. The van der Waals surface area contributed by atoms with Crippen LogP contribution in [0.3, 0.4) is 0 Å². The highest BCUT2D eigenvalue weighted by atomic mass is 16.6. The maximum Gasteiger partial charge on any atom is 0.195 e. The van der Waals surface area contributed by atoms with Gasteiger partial charge in [-0.3, -0.25) is 4.79 Å². The Morgan fingerprint density at radius 1 is 1.09 bits per heavy atom. The van der Waals surface area contributed by atoms with Crippen LogP contribution < -0.4 is 0 Å². The fraction of sp³-hybridized carbons (Fsp3) is 0.875. The van der Waals surface area contributed by atoms with Crippen molar-refractivity contribution in [3.05, 3.63) is 0 Å². The van der Waals surface area contributed by atoms with E-state index in [0.29, 0.717) is 0 Å². The number of Topliss-reactive ketones (excluding diaryl/α,β-unsaturated/α-hetero) is 1. The lowest BCUT2D eigenvalue weighted by Crippen LogP contribution is -2.20. The summed E-state index contributed by atoms with van der Waals surface area (Å²) in [5.41, 5.74) is 0. The topological polar surface area (TPSA) is 42.1 Å². The summed E-state index contributed by atoms with van der Waals surface area (Å²) in [7, 11) is 0. The summed E-state index contributed by atoms with van der Waals surface area (Å²) in [4.78, 5) is 11.3. The van der Waals surface area contributed by atoms with E-state index < -0.39 is 0 Å². The molecule has 11 heavy (non-hydrogen) atoms. The minimum absolute atomic E-state index is 0.0923. The number of fused-ring (bicyclic) bond motifs is 2. The van der Waals surface area contributed by atoms with Crippen LogP contribution in [0.2, 0.25) is 0 Å². The van der Waals surface area contributed by atoms with Gasteiger partial charge in [-0.15, -0.1) is 0 Å². The van der Waals surface area contributed by atoms with E-state index in [1.165, 1.54) is 0 Å². The van der Waals surface area contributed by atoms with Crippen molar-refractivity contribution in [3.63, 3.8) is 0 Å². The zero-order chi connectivity index (χ0) is 7.42. The average molecular weight is 154 g/mol. The van der Waals surface area contributed by atoms with Crippen molar-refractivity contribution in [2.75, 3.05) is 0 Å². The maximum absolute atomic E-state index is 11.3. The molecule has 0 aromatic rings. The molecule has 2 aliphatic heterocycles. The van der Waals surface area contributed by atoms with E-state index in [4.69, 9.17) is 9.47 Å². The van der Waals surface area contributed by atoms with E-state index in [1.807, 2.05) is 0 Å². The molecule has 1 aliphatic carbocycles. The highest BCUT2D eigenvalue weighted by molar-refractivity contribution is 5.92. The van der Waals surface area contributed by atoms with Crippen LogP contribution in [0.5, 0.6) is 0 Å². The van der Waals surface area contributed by atoms with E-state index >= 15 is 0 Å². The summed E-state index contributed by atoms with van der Waals surface area (Å²) in [6.07, 6.45) is 3.54. The molecular weight excluding hydrogens is 144 g/mol. The predicted molar refractivity (Wildman–Crippen MR) is 36.2 cm³/mol. The smallest absolute Gasteiger partial charge is 0.195 e. The lowest BCUT2D eigenvalue weighted by atomic mass is 10.0. The number of carbonyl (C=O) groups is 1. The van der Waals surface area contributed by atoms with Crippen LogP contribution in [0.15, 0.2) is 0 Å². The fourth-order valence-corrected chi connectivity index (χ4v) is 1.91. The molecule has 0 N–H and O–H groups in total. The minimum atomic E-state index is -0.0923. The van der Waals surface area contributed by atoms with Crippen molar-refractivity contribution in [1.82, 2.24) is 0 Å². The largest absolute Gasteiger partial charge is 0.361 e. The molecule has 3 rings (SSSR count). The van der Waals surface area contributed by atoms with Crippen molar-refractivity contribution < 1.29 is 14.3 Å². The molecule has 1 saturated carbocycles. The van der Waals surface area contributed by atoms with E-state index in [-0.39, 0.29) is 30.2 Å². The Kier molecular flexibility index (Phi) is 1.03. The predicted octanol–water partition coefficient (Wildman–Crippen LogP) is 0.274. The monoisotopic (exact) mass is 154 g/mol. The third-order valence-corrected chi connectivity index (χ3v) is 2.70. The van der Waals surface area contributed by atoms with Gasteiger partial charge in [-0.05, 0) is 19.3 Å². The van der Waals surface area contributed by atoms with Gasteiger partial charge < -0.3 is 9.47 Å². The van der Waals surface area contributed by atoms with Crippen molar-refractivity contribution in [2.24, 2.45) is 0 Å². The Hall–Kier alpha value is -0.410. The van der Waals surface area contributed by atoms with Crippen LogP contribution >= 0.6 is 0 Å². The molecule has 60 valence electrons. The molecule has 2 heterocycles. The van der Waals surface area contributed by atoms with Gasteiger partial charge in [0.25, 0.3) is 0 Å². The highest BCUT2D eigenvalue weighted by Gasteiger charge is 2.56. The second-order valence-electron chi connectivity index (χ2n) is 3.52. The van der Waals surface area contributed by atoms with Gasteiger partial charge in [-0.2, -0.15) is 0 Å². The molecule has 2 saturated heterocycles. The number of ether oxygens (including phenoxy) is 2. The van der Waals surface area contributed by atoms with Crippen LogP contribution in [0.25, 0.3) is 0 Å². The molecule has 0 spiro atoms. The van der Waals surface area contributed by atoms with Gasteiger partial charge in [0.2, 0.25) is 0 Å². The first-order valence-electron chi connectivity index (χ1n) is 4.21. The van der Waals surface area contributed by atoms with Crippen molar-refractivity contribution in [1.29, 1.82) is 0 Å². The van der Waals surface area contributed by atoms with Gasteiger partial charge in [0.05, 0.1) is 12.2 Å². The third kappa shape index (κ3) is 0.844. The van der Waals surface area contributed by atoms with Crippen molar-refractivity contribution in [2.45, 2.75) is 43.7 Å². The van der Waals surface area contributed by atoms with Gasteiger partial charge in [0, 0.05) is 0 Å². The minimum Gasteiger partial charge on any atom is -0.361 e. The normalized spacial score (nSPS) is 53.6. The standard InChI is InChI=1S/C8H10O3/c9-6-7-4(10-7)2-1-3-5-8(6)11-5/h4-5,7-8H,1-3H2/t4-,5-,7-,8-/m1/s1. The highest BCUT2D eigenvalue weighted by Crippen LogP contribution is 2.39. The number of carbonyl (C=O) groups excluding carboxylic acids is 1. The lowest BCUT2D eigenvalue weighted by Gasteiger charge is -1.97. The number of hydrogen-bond donors (Lipinski definition) is 0. The van der Waals surface area contributed by atoms with Gasteiger partial charge in [-0.1, -0.05) is 0 Å². The molecular formula is C8H10O3. The first-order valence-corrected chi connectivity index (χ1v) is 4.21. The Morgan fingerprint density at radius 2 is 1.64 bits per heavy atom. The summed E-state index contributed by atoms with van der Waals surface area (Å²) in [6, 6.07) is 0. The molecule has 3 fully saturated rings. The summed E-state index contributed by atoms with van der Waals surface area (Å²) >= 11 is 0. The van der Waals surface area contributed by atoms with E-state index in [1.54, 1.807) is 0 Å². The first-order chi connectivity index (χ1) is 5.36. The van der Waals surface area contributed by atoms with Gasteiger partial charge in [-0.25, -0.2) is 0 Å². The molecule has 3 heteroatoms. The molecule has 0 bridgehead atoms. The lowest BCUT2D eigenvalue weighted by molar-refractivity contribution is -0.121. The Labute approximate surface area is 64.7 Å². The molecule has 0 unspecified atom stereocenters. The van der Waals surface area contributed by atoms with Gasteiger partial charge >= 0.3 is 0 Å². The van der Waals surface area contributed by atoms with Crippen LogP contribution in [0, 0.1) is 0 Å². The molecule has 0 aromatic heterocycles. The van der Waals surface area contributed by atoms with E-state index in [9.17, 15) is 4.79 Å². The first kappa shape index (κ1) is 6.14. The SMILES string of the molecule is O=C1[C@@H]2O[C@@H]2CCC[C@H]2O[C@@H]12. The average Bonchev–Trinajstić information content (AvgIpc) is 2.80. The van der Waals surface area contributed by atoms with E-state index in [0.717, 1.165) is 19.3 Å². The third-order valence-electron chi connectivity index (χ3n) is 2.70. The van der Waals surface area contributed by atoms with Crippen LogP contribution in [-0.4, -0.2) is 30.2 Å². The molecule has 3 aliphatic rings. The molecule has 4 atom stereocenters. The fourth-order valence-electron chi connectivity index (χ4n) is 1.91. The zero-order valence-corrected chi connectivity index (χ0v) is 6.16. The summed E-state index contributed by atoms with van der Waals surface area (Å²) in [6.45, 7) is 0. The van der Waals surface area contributed by atoms with Gasteiger partial charge in [0.1, 0.15) is 12.2 Å². The number of epoxide rings is 2. The Morgan fingerprint density at radius 3 is 2.18 bits per heavy atom. The molecule has 3 nitrogen and oxygen atoms in total. The second-order valence-corrected chi connectivity index (χ2v) is 3.52. The molecule has 0 amide bonds. The van der Waals surface area contributed by atoms with Crippen molar-refractivity contribution >= 4 is 5.78 Å².